The van der Waals surface area contributed by atoms with Crippen LogP contribution in [0.1, 0.15) is 49.4 Å². The molecule has 20 heavy (non-hydrogen) atoms. The van der Waals surface area contributed by atoms with Gasteiger partial charge in [-0.2, -0.15) is 0 Å². The quantitative estimate of drug-likeness (QED) is 0.832. The van der Waals surface area contributed by atoms with E-state index in [9.17, 15) is 0 Å². The smallest absolute Gasteiger partial charge is 0.0326 e. The highest BCUT2D eigenvalue weighted by molar-refractivity contribution is 5.93. The number of nitrogens with one attached hydrogen (secondary N) is 1. The van der Waals surface area contributed by atoms with E-state index in [1.807, 2.05) is 0 Å². The summed E-state index contributed by atoms with van der Waals surface area (Å²) in [5.74, 6) is 0.760. The zero-order chi connectivity index (χ0) is 14.1. The first-order valence-electron chi connectivity index (χ1n) is 7.95. The molecule has 0 amide bonds. The lowest BCUT2D eigenvalue weighted by Crippen LogP contribution is -2.19. The predicted octanol–water partition coefficient (Wildman–Crippen LogP) is 4.64. The molecule has 0 heterocycles. The molecule has 0 radical (unpaired) electrons. The second-order valence-electron chi connectivity index (χ2n) is 6.24. The third-order valence-corrected chi connectivity index (χ3v) is 4.97. The maximum Gasteiger partial charge on any atom is 0.0326 e. The van der Waals surface area contributed by atoms with Gasteiger partial charge < -0.3 is 5.32 Å². The fraction of sp³-hybridized carbons (Fsp3) is 0.474. The van der Waals surface area contributed by atoms with E-state index in [1.165, 1.54) is 53.1 Å². The first-order chi connectivity index (χ1) is 9.74. The van der Waals surface area contributed by atoms with E-state index in [1.54, 1.807) is 0 Å². The lowest BCUT2D eigenvalue weighted by Gasteiger charge is -2.22. The summed E-state index contributed by atoms with van der Waals surface area (Å²) >= 11 is 0. The van der Waals surface area contributed by atoms with Crippen molar-refractivity contribution in [1.29, 1.82) is 0 Å². The number of aryl methyl sites for hydroxylation is 2. The van der Waals surface area contributed by atoms with Gasteiger partial charge in [0, 0.05) is 6.04 Å². The van der Waals surface area contributed by atoms with Crippen molar-refractivity contribution < 1.29 is 0 Å². The molecule has 2 aromatic carbocycles. The van der Waals surface area contributed by atoms with Crippen LogP contribution in [0.4, 0.5) is 0 Å². The summed E-state index contributed by atoms with van der Waals surface area (Å²) in [6, 6.07) is 12.0. The molecule has 1 N–H and O–H groups in total. The summed E-state index contributed by atoms with van der Waals surface area (Å²) < 4.78 is 0. The van der Waals surface area contributed by atoms with Gasteiger partial charge in [0.25, 0.3) is 0 Å². The normalized spacial score (nSPS) is 16.6. The first kappa shape index (κ1) is 13.6. The molecule has 1 nitrogen and oxygen atoms in total. The monoisotopic (exact) mass is 267 g/mol. The summed E-state index contributed by atoms with van der Waals surface area (Å²) in [6.07, 6.45) is 4.89. The van der Waals surface area contributed by atoms with Crippen LogP contribution >= 0.6 is 0 Å². The van der Waals surface area contributed by atoms with Crippen LogP contribution in [-0.4, -0.2) is 7.05 Å². The number of hydrogen-bond acceptors (Lipinski definition) is 1. The van der Waals surface area contributed by atoms with E-state index < -0.39 is 0 Å². The van der Waals surface area contributed by atoms with Gasteiger partial charge in [-0.05, 0) is 59.7 Å². The average Bonchev–Trinajstić information content (AvgIpc) is 2.91. The van der Waals surface area contributed by atoms with Gasteiger partial charge in [0.05, 0.1) is 0 Å². The molecule has 2 aromatic rings. The van der Waals surface area contributed by atoms with Crippen molar-refractivity contribution in [3.05, 3.63) is 47.0 Å². The van der Waals surface area contributed by atoms with E-state index in [0.29, 0.717) is 6.04 Å². The maximum absolute atomic E-state index is 3.54. The van der Waals surface area contributed by atoms with Gasteiger partial charge in [-0.3, -0.25) is 0 Å². The van der Waals surface area contributed by atoms with Crippen LogP contribution < -0.4 is 5.32 Å². The third kappa shape index (κ3) is 2.25. The molecule has 0 aliphatic heterocycles. The van der Waals surface area contributed by atoms with Gasteiger partial charge in [-0.15, -0.1) is 0 Å². The lowest BCUT2D eigenvalue weighted by molar-refractivity contribution is 0.423. The molecule has 0 bridgehead atoms. The molecular weight excluding hydrogens is 242 g/mol. The second-order valence-corrected chi connectivity index (χ2v) is 6.24. The van der Waals surface area contributed by atoms with Crippen molar-refractivity contribution >= 4 is 10.8 Å². The zero-order valence-corrected chi connectivity index (χ0v) is 12.9. The van der Waals surface area contributed by atoms with E-state index >= 15 is 0 Å². The van der Waals surface area contributed by atoms with Crippen LogP contribution in [0.15, 0.2) is 30.3 Å². The van der Waals surface area contributed by atoms with Crippen molar-refractivity contribution in [3.8, 4) is 0 Å². The van der Waals surface area contributed by atoms with Gasteiger partial charge in [0.15, 0.2) is 0 Å². The van der Waals surface area contributed by atoms with Gasteiger partial charge in [0.2, 0.25) is 0 Å². The van der Waals surface area contributed by atoms with Crippen molar-refractivity contribution in [2.45, 2.75) is 45.6 Å². The van der Waals surface area contributed by atoms with Crippen molar-refractivity contribution in [1.82, 2.24) is 5.32 Å². The molecule has 2 atom stereocenters. The SMILES string of the molecule is CCC(C)CC(NC)c1ccc2c3c(cccc13)CC2. The minimum atomic E-state index is 0.467. The maximum atomic E-state index is 3.54. The molecule has 0 fully saturated rings. The van der Waals surface area contributed by atoms with Crippen LogP contribution in [0.2, 0.25) is 0 Å². The third-order valence-electron chi connectivity index (χ3n) is 4.97. The van der Waals surface area contributed by atoms with E-state index in [0.717, 1.165) is 5.92 Å². The lowest BCUT2D eigenvalue weighted by atomic mass is 9.90. The molecular formula is C19H25N. The molecule has 0 saturated heterocycles. The summed E-state index contributed by atoms with van der Waals surface area (Å²) in [5, 5.41) is 6.54. The molecule has 1 aliphatic rings. The van der Waals surface area contributed by atoms with E-state index in [4.69, 9.17) is 0 Å². The Morgan fingerprint density at radius 3 is 2.55 bits per heavy atom. The van der Waals surface area contributed by atoms with E-state index in [2.05, 4.69) is 56.5 Å². The largest absolute Gasteiger partial charge is 0.313 e. The van der Waals surface area contributed by atoms with Crippen LogP contribution in [0, 0.1) is 5.92 Å². The van der Waals surface area contributed by atoms with Crippen LogP contribution in [-0.2, 0) is 12.8 Å². The van der Waals surface area contributed by atoms with E-state index in [-0.39, 0.29) is 0 Å². The highest BCUT2D eigenvalue weighted by atomic mass is 14.9. The van der Waals surface area contributed by atoms with Crippen molar-refractivity contribution in [2.24, 2.45) is 5.92 Å². The zero-order valence-electron chi connectivity index (χ0n) is 12.9. The summed E-state index contributed by atoms with van der Waals surface area (Å²) in [5.41, 5.74) is 4.56. The molecule has 0 aromatic heterocycles. The number of rotatable bonds is 5. The molecule has 3 rings (SSSR count). The van der Waals surface area contributed by atoms with Crippen molar-refractivity contribution in [2.75, 3.05) is 7.05 Å². The molecule has 0 spiro atoms. The second kappa shape index (κ2) is 5.57. The fourth-order valence-corrected chi connectivity index (χ4v) is 3.54. The van der Waals surface area contributed by atoms with Gasteiger partial charge in [-0.1, -0.05) is 50.6 Å². The Kier molecular flexibility index (Phi) is 3.80. The standard InChI is InChI=1S/C19H25N/c1-4-13(2)12-18(20-3)16-11-10-15-9-8-14-6-5-7-17(16)19(14)15/h5-7,10-11,13,18,20H,4,8-9,12H2,1-3H3. The average molecular weight is 267 g/mol. The number of benzene rings is 2. The minimum Gasteiger partial charge on any atom is -0.313 e. The van der Waals surface area contributed by atoms with Crippen LogP contribution in [0.3, 0.4) is 0 Å². The highest BCUT2D eigenvalue weighted by Gasteiger charge is 2.20. The summed E-state index contributed by atoms with van der Waals surface area (Å²) in [7, 11) is 2.09. The van der Waals surface area contributed by atoms with Gasteiger partial charge in [-0.25, -0.2) is 0 Å². The Balaban J connectivity index is 2.07. The van der Waals surface area contributed by atoms with Crippen LogP contribution in [0.25, 0.3) is 10.8 Å². The Morgan fingerprint density at radius 1 is 1.10 bits per heavy atom. The van der Waals surface area contributed by atoms with Gasteiger partial charge in [0.1, 0.15) is 0 Å². The Morgan fingerprint density at radius 2 is 1.85 bits per heavy atom. The van der Waals surface area contributed by atoms with Crippen LogP contribution in [0.5, 0.6) is 0 Å². The van der Waals surface area contributed by atoms with Gasteiger partial charge >= 0.3 is 0 Å². The Labute approximate surface area is 122 Å². The first-order valence-corrected chi connectivity index (χ1v) is 7.95. The number of hydrogen-bond donors (Lipinski definition) is 1. The molecule has 1 aliphatic carbocycles. The highest BCUT2D eigenvalue weighted by Crippen LogP contribution is 2.36. The molecule has 1 heteroatoms. The molecule has 106 valence electrons. The molecule has 0 saturated carbocycles. The molecule has 2 unspecified atom stereocenters. The topological polar surface area (TPSA) is 12.0 Å². The fourth-order valence-electron chi connectivity index (χ4n) is 3.54. The minimum absolute atomic E-state index is 0.467. The van der Waals surface area contributed by atoms with Crippen molar-refractivity contribution in [3.63, 3.8) is 0 Å². The Hall–Kier alpha value is -1.34. The Bertz CT molecular complexity index is 604. The predicted molar refractivity (Wildman–Crippen MR) is 87.2 cm³/mol. The summed E-state index contributed by atoms with van der Waals surface area (Å²) in [4.78, 5) is 0. The summed E-state index contributed by atoms with van der Waals surface area (Å²) in [6.45, 7) is 4.63.